The third-order valence-corrected chi connectivity index (χ3v) is 13.9. The second-order valence-electron chi connectivity index (χ2n) is 22.2. The van der Waals surface area contributed by atoms with E-state index in [9.17, 15) is 34.8 Å². The second-order valence-corrected chi connectivity index (χ2v) is 23.2. The third kappa shape index (κ3) is 16.1. The highest BCUT2D eigenvalue weighted by atomic mass is 79.9. The number of hydrogen-bond acceptors (Lipinski definition) is 11. The Hall–Kier alpha value is -5.91. The molecule has 0 radical (unpaired) electrons. The number of likely N-dealkylation sites (tertiary alicyclic amines) is 1. The van der Waals surface area contributed by atoms with Crippen molar-refractivity contribution in [1.29, 1.82) is 0 Å². The topological polar surface area (TPSA) is 182 Å². The van der Waals surface area contributed by atoms with Crippen LogP contribution in [0.2, 0.25) is 0 Å². The van der Waals surface area contributed by atoms with Crippen molar-refractivity contribution in [1.82, 2.24) is 20.0 Å². The van der Waals surface area contributed by atoms with Crippen molar-refractivity contribution in [2.45, 2.75) is 147 Å². The Morgan fingerprint density at radius 3 is 1.47 bits per heavy atom. The Labute approximate surface area is 452 Å². The number of hydrogen-bond donors (Lipinski definition) is 5. The lowest BCUT2D eigenvalue weighted by Crippen LogP contribution is -2.63. The Bertz CT molecular complexity index is 2660. The number of carbonyl (C=O) groups excluding carboxylic acids is 3. The predicted molar refractivity (Wildman–Crippen MR) is 294 cm³/mol. The van der Waals surface area contributed by atoms with Crippen LogP contribution < -0.4 is 5.32 Å². The number of aliphatic hydroxyl groups is 4. The first-order valence-electron chi connectivity index (χ1n) is 25.1. The van der Waals surface area contributed by atoms with E-state index in [0.29, 0.717) is 51.9 Å². The molecule has 0 aliphatic carbocycles. The van der Waals surface area contributed by atoms with Gasteiger partial charge in [0.2, 0.25) is 0 Å². The SMILES string of the molecule is C.C#CC1(O)CN(C(=O)OC(C)(C)C)C1.C[C@@H](c1ccc(Br)cc1)N1CC[C@](CC(C)(C)O)(c2ccccc2)OC1=O.C[C@@H](c1ccc(C#CC2(O)CNC2)cc1)N1CC[C@](CC(C)(C)O)(c2ccccc2)OC1=O. The van der Waals surface area contributed by atoms with Crippen LogP contribution in [-0.4, -0.2) is 121 Å². The molecule has 4 saturated heterocycles. The van der Waals surface area contributed by atoms with Crippen molar-refractivity contribution in [3.63, 3.8) is 0 Å². The van der Waals surface area contributed by atoms with Gasteiger partial charge >= 0.3 is 18.3 Å². The molecule has 4 atom stereocenters. The number of cyclic esters (lactones) is 2. The molecule has 8 rings (SSSR count). The zero-order chi connectivity index (χ0) is 54.3. The first kappa shape index (κ1) is 60.0. The maximum atomic E-state index is 13.2. The molecule has 0 bridgehead atoms. The summed E-state index contributed by atoms with van der Waals surface area (Å²) in [7, 11) is 0. The van der Waals surface area contributed by atoms with Crippen molar-refractivity contribution in [3.8, 4) is 24.2 Å². The maximum absolute atomic E-state index is 13.2. The Morgan fingerprint density at radius 1 is 0.707 bits per heavy atom. The minimum atomic E-state index is -1.16. The molecule has 5 N–H and O–H groups in total. The molecule has 4 fully saturated rings. The lowest BCUT2D eigenvalue weighted by atomic mass is 9.80. The normalized spacial score (nSPS) is 21.6. The number of halogens is 1. The summed E-state index contributed by atoms with van der Waals surface area (Å²) in [6.07, 6.45) is 5.83. The number of terminal acetylenes is 1. The van der Waals surface area contributed by atoms with E-state index in [0.717, 1.165) is 32.3 Å². The van der Waals surface area contributed by atoms with Gasteiger partial charge in [-0.25, -0.2) is 14.4 Å². The van der Waals surface area contributed by atoms with Crippen LogP contribution >= 0.6 is 15.9 Å². The highest BCUT2D eigenvalue weighted by molar-refractivity contribution is 9.10. The Morgan fingerprint density at radius 2 is 1.12 bits per heavy atom. The van der Waals surface area contributed by atoms with Crippen molar-refractivity contribution < 1.29 is 49.0 Å². The molecule has 0 aromatic heterocycles. The number of rotatable bonds is 10. The number of carbonyl (C=O) groups is 3. The van der Waals surface area contributed by atoms with Gasteiger partial charge in [0, 0.05) is 61.9 Å². The van der Waals surface area contributed by atoms with Crippen LogP contribution in [0, 0.1) is 24.2 Å². The summed E-state index contributed by atoms with van der Waals surface area (Å²) in [6.45, 7) is 18.7. The fourth-order valence-electron chi connectivity index (χ4n) is 9.50. The number of benzene rings is 4. The minimum Gasteiger partial charge on any atom is -0.444 e. The van der Waals surface area contributed by atoms with Gasteiger partial charge in [0.25, 0.3) is 0 Å². The van der Waals surface area contributed by atoms with Gasteiger partial charge in [0.1, 0.15) is 22.4 Å². The fourth-order valence-corrected chi connectivity index (χ4v) is 9.76. The van der Waals surface area contributed by atoms with Gasteiger partial charge in [0.15, 0.2) is 5.60 Å². The molecule has 4 aliphatic heterocycles. The van der Waals surface area contributed by atoms with E-state index >= 15 is 0 Å². The van der Waals surface area contributed by atoms with Crippen LogP contribution in [0.4, 0.5) is 14.4 Å². The summed E-state index contributed by atoms with van der Waals surface area (Å²) in [6, 6.07) is 34.9. The summed E-state index contributed by atoms with van der Waals surface area (Å²) < 4.78 is 18.2. The van der Waals surface area contributed by atoms with Crippen LogP contribution in [0.3, 0.4) is 0 Å². The highest BCUT2D eigenvalue weighted by Gasteiger charge is 2.48. The van der Waals surface area contributed by atoms with Crippen LogP contribution in [0.1, 0.15) is 135 Å². The quantitative estimate of drug-likeness (QED) is 0.0753. The van der Waals surface area contributed by atoms with Crippen LogP contribution in [-0.2, 0) is 25.4 Å². The summed E-state index contributed by atoms with van der Waals surface area (Å²) >= 11 is 3.44. The van der Waals surface area contributed by atoms with Gasteiger partial charge in [-0.3, -0.25) is 0 Å². The molecule has 4 heterocycles. The summed E-state index contributed by atoms with van der Waals surface area (Å²) in [5.41, 5.74) is -1.51. The molecular weight excluding hydrogens is 1020 g/mol. The van der Waals surface area contributed by atoms with E-state index in [1.807, 2.05) is 123 Å². The average molecular weight is 1090 g/mol. The lowest BCUT2D eigenvalue weighted by Gasteiger charge is -2.45. The Kier molecular flexibility index (Phi) is 19.2. The number of nitrogens with zero attached hydrogens (tertiary/aromatic N) is 3. The predicted octanol–water partition coefficient (Wildman–Crippen LogP) is 9.98. The molecule has 404 valence electrons. The largest absolute Gasteiger partial charge is 0.444 e. The molecule has 15 heteroatoms. The van der Waals surface area contributed by atoms with E-state index < -0.39 is 45.3 Å². The van der Waals surface area contributed by atoms with Crippen molar-refractivity contribution in [2.75, 3.05) is 39.3 Å². The van der Waals surface area contributed by atoms with Crippen molar-refractivity contribution in [3.05, 3.63) is 141 Å². The molecular formula is C60H77BrN4O10. The lowest BCUT2D eigenvalue weighted by molar-refractivity contribution is -0.102. The second kappa shape index (κ2) is 24.0. The molecule has 4 aromatic carbocycles. The van der Waals surface area contributed by atoms with Gasteiger partial charge < -0.3 is 54.7 Å². The van der Waals surface area contributed by atoms with Gasteiger partial charge in [-0.15, -0.1) is 6.42 Å². The van der Waals surface area contributed by atoms with E-state index in [1.165, 1.54) is 4.90 Å². The summed E-state index contributed by atoms with van der Waals surface area (Å²) in [5.74, 6) is 8.17. The van der Waals surface area contributed by atoms with Gasteiger partial charge in [-0.05, 0) is 109 Å². The van der Waals surface area contributed by atoms with Gasteiger partial charge in [-0.2, -0.15) is 0 Å². The first-order valence-corrected chi connectivity index (χ1v) is 25.9. The Balaban J connectivity index is 0.000000223. The van der Waals surface area contributed by atoms with E-state index in [1.54, 1.807) is 58.3 Å². The van der Waals surface area contributed by atoms with Gasteiger partial charge in [-0.1, -0.05) is 126 Å². The average Bonchev–Trinajstić information content (AvgIpc) is 3.31. The molecule has 0 saturated carbocycles. The maximum Gasteiger partial charge on any atom is 0.411 e. The monoisotopic (exact) mass is 1090 g/mol. The van der Waals surface area contributed by atoms with E-state index in [2.05, 4.69) is 39.0 Å². The molecule has 3 amide bonds. The standard InChI is InChI=1S/C27H32N2O4.C22H26BrNO3.C10H15NO3.CH4/c1-20(22-11-9-21(10-12-22)13-14-26(32)18-28-19-26)29-16-15-27(33-24(29)30,17-25(2,3)31)23-7-5-4-6-8-23;1-16(17-9-11-19(23)12-10-17)24-14-13-22(27-20(24)25,15-21(2,3)26)18-7-5-4-6-8-18;1-5-10(13)6-11(7-10)8(12)14-9(2,3)4;/h4-12,20,28,31-32H,15-19H2,1-3H3;4-12,16,26H,13-15H2,1-3H3;1,13H,6-7H2,2-4H3;1H4/t20-,27-;16-,22-;;/m00../s1. The number of nitrogens with one attached hydrogen (secondary N) is 1. The molecule has 0 spiro atoms. The molecule has 14 nitrogen and oxygen atoms in total. The zero-order valence-corrected chi connectivity index (χ0v) is 45.7. The molecule has 0 unspecified atom stereocenters. The van der Waals surface area contributed by atoms with Gasteiger partial charge in [0.05, 0.1) is 36.4 Å². The zero-order valence-electron chi connectivity index (χ0n) is 44.2. The number of ether oxygens (including phenoxy) is 3. The summed E-state index contributed by atoms with van der Waals surface area (Å²) in [5, 5.41) is 43.6. The van der Waals surface area contributed by atoms with Crippen LogP contribution in [0.25, 0.3) is 0 Å². The molecule has 4 aliphatic rings. The molecule has 4 aromatic rings. The number of amides is 3. The van der Waals surface area contributed by atoms with E-state index in [4.69, 9.17) is 20.6 Å². The smallest absolute Gasteiger partial charge is 0.411 e. The highest BCUT2D eigenvalue weighted by Crippen LogP contribution is 2.44. The number of β-amino-alcohol motifs (C(OH)–C–C–N with tert-alkyl or cyclic N) is 2. The minimum absolute atomic E-state index is 0. The van der Waals surface area contributed by atoms with Crippen molar-refractivity contribution >= 4 is 34.2 Å². The molecule has 75 heavy (non-hydrogen) atoms. The third-order valence-electron chi connectivity index (χ3n) is 13.4. The first-order chi connectivity index (χ1) is 34.6. The summed E-state index contributed by atoms with van der Waals surface area (Å²) in [4.78, 5) is 42.4. The van der Waals surface area contributed by atoms with Crippen LogP contribution in [0.15, 0.2) is 114 Å². The van der Waals surface area contributed by atoms with Crippen molar-refractivity contribution in [2.24, 2.45) is 0 Å². The van der Waals surface area contributed by atoms with Crippen LogP contribution in [0.5, 0.6) is 0 Å². The van der Waals surface area contributed by atoms with E-state index in [-0.39, 0.29) is 44.8 Å². The fraction of sp³-hybridized carbons (Fsp3) is 0.483.